The van der Waals surface area contributed by atoms with Crippen LogP contribution in [0.5, 0.6) is 0 Å². The van der Waals surface area contributed by atoms with E-state index in [4.69, 9.17) is 5.73 Å². The molecule has 0 amide bonds. The third kappa shape index (κ3) is 3.28. The second-order valence-corrected chi connectivity index (χ2v) is 4.55. The molecule has 0 saturated heterocycles. The molecule has 0 fully saturated rings. The Morgan fingerprint density at radius 1 is 1.30 bits per heavy atom. The van der Waals surface area contributed by atoms with Crippen molar-refractivity contribution in [2.75, 3.05) is 5.73 Å². The summed E-state index contributed by atoms with van der Waals surface area (Å²) in [7, 11) is 0. The highest BCUT2D eigenvalue weighted by molar-refractivity contribution is 5.36. The molecule has 2 rings (SSSR count). The number of nitrogens with two attached hydrogens (primary N) is 1. The summed E-state index contributed by atoms with van der Waals surface area (Å²) in [6.45, 7) is 2.08. The monoisotopic (exact) mass is 272 g/mol. The fourth-order valence-electron chi connectivity index (χ4n) is 2.01. The maximum absolute atomic E-state index is 10.6. The summed E-state index contributed by atoms with van der Waals surface area (Å²) in [5, 5.41) is 10.6. The Bertz CT molecular complexity index is 611. The lowest BCUT2D eigenvalue weighted by molar-refractivity contribution is -0.384. The molecule has 6 heteroatoms. The van der Waals surface area contributed by atoms with Crippen LogP contribution < -0.4 is 5.73 Å². The fourth-order valence-corrected chi connectivity index (χ4v) is 2.01. The van der Waals surface area contributed by atoms with E-state index in [0.29, 0.717) is 6.42 Å². The van der Waals surface area contributed by atoms with E-state index in [1.807, 2.05) is 0 Å². The smallest absolute Gasteiger partial charge is 0.269 e. The van der Waals surface area contributed by atoms with Gasteiger partial charge in [-0.1, -0.05) is 25.5 Å². The highest BCUT2D eigenvalue weighted by Crippen LogP contribution is 2.17. The van der Waals surface area contributed by atoms with Crippen LogP contribution in [0.25, 0.3) is 0 Å². The number of nitrogen functional groups attached to an aromatic ring is 1. The minimum Gasteiger partial charge on any atom is -0.368 e. The number of aromatic nitrogens is 2. The molecule has 0 aliphatic carbocycles. The van der Waals surface area contributed by atoms with Crippen LogP contribution in [0.2, 0.25) is 0 Å². The van der Waals surface area contributed by atoms with Gasteiger partial charge in [-0.3, -0.25) is 10.1 Å². The molecule has 0 aliphatic heterocycles. The number of anilines is 1. The second kappa shape index (κ2) is 6.10. The average molecular weight is 272 g/mol. The van der Waals surface area contributed by atoms with Crippen LogP contribution in [-0.4, -0.2) is 14.9 Å². The zero-order valence-electron chi connectivity index (χ0n) is 11.2. The number of nitrogens with zero attached hydrogens (tertiary/aromatic N) is 3. The van der Waals surface area contributed by atoms with Crippen LogP contribution in [0.3, 0.4) is 0 Å². The molecule has 1 aromatic heterocycles. The third-order valence-corrected chi connectivity index (χ3v) is 3.00. The van der Waals surface area contributed by atoms with Crippen molar-refractivity contribution in [1.82, 2.24) is 9.97 Å². The summed E-state index contributed by atoms with van der Waals surface area (Å²) in [5.41, 5.74) is 8.64. The van der Waals surface area contributed by atoms with E-state index in [9.17, 15) is 10.1 Å². The summed E-state index contributed by atoms with van der Waals surface area (Å²) in [6.07, 6.45) is 4.20. The number of aryl methyl sites for hydroxylation is 1. The molecule has 0 radical (unpaired) electrons. The maximum atomic E-state index is 10.6. The maximum Gasteiger partial charge on any atom is 0.269 e. The Hall–Kier alpha value is -2.50. The standard InChI is InChI=1S/C14H16N4O2/c1-2-3-13-11(9-16-14(15)17-13)8-10-4-6-12(7-5-10)18(19)20/h4-7,9H,2-3,8H2,1H3,(H2,15,16,17). The van der Waals surface area contributed by atoms with Gasteiger partial charge >= 0.3 is 0 Å². The van der Waals surface area contributed by atoms with Gasteiger partial charge in [0.25, 0.3) is 5.69 Å². The van der Waals surface area contributed by atoms with Crippen molar-refractivity contribution >= 4 is 11.6 Å². The molecule has 20 heavy (non-hydrogen) atoms. The van der Waals surface area contributed by atoms with E-state index in [0.717, 1.165) is 29.7 Å². The van der Waals surface area contributed by atoms with Gasteiger partial charge in [0, 0.05) is 30.4 Å². The molecule has 2 aromatic rings. The number of benzene rings is 1. The van der Waals surface area contributed by atoms with Crippen LogP contribution in [0, 0.1) is 10.1 Å². The van der Waals surface area contributed by atoms with Gasteiger partial charge in [0.15, 0.2) is 0 Å². The first-order valence-electron chi connectivity index (χ1n) is 6.43. The van der Waals surface area contributed by atoms with Gasteiger partial charge in [0.2, 0.25) is 5.95 Å². The Morgan fingerprint density at radius 3 is 2.60 bits per heavy atom. The van der Waals surface area contributed by atoms with Crippen molar-refractivity contribution in [3.8, 4) is 0 Å². The Kier molecular flexibility index (Phi) is 4.24. The normalized spacial score (nSPS) is 10.4. The van der Waals surface area contributed by atoms with Crippen molar-refractivity contribution in [1.29, 1.82) is 0 Å². The third-order valence-electron chi connectivity index (χ3n) is 3.00. The van der Waals surface area contributed by atoms with Crippen LogP contribution in [-0.2, 0) is 12.8 Å². The zero-order chi connectivity index (χ0) is 14.5. The van der Waals surface area contributed by atoms with Gasteiger partial charge < -0.3 is 5.73 Å². The minimum atomic E-state index is -0.404. The van der Waals surface area contributed by atoms with E-state index in [2.05, 4.69) is 16.9 Å². The molecule has 1 aromatic carbocycles. The summed E-state index contributed by atoms with van der Waals surface area (Å²) in [6, 6.07) is 6.52. The highest BCUT2D eigenvalue weighted by atomic mass is 16.6. The van der Waals surface area contributed by atoms with Crippen LogP contribution in [0.4, 0.5) is 11.6 Å². The molecule has 0 spiro atoms. The molecule has 0 atom stereocenters. The summed E-state index contributed by atoms with van der Waals surface area (Å²) in [5.74, 6) is 0.279. The molecule has 2 N–H and O–H groups in total. The van der Waals surface area contributed by atoms with Gasteiger partial charge in [0.1, 0.15) is 0 Å². The number of rotatable bonds is 5. The van der Waals surface area contributed by atoms with Gasteiger partial charge in [-0.05, 0) is 17.5 Å². The second-order valence-electron chi connectivity index (χ2n) is 4.55. The number of nitro benzene ring substituents is 1. The lowest BCUT2D eigenvalue weighted by Crippen LogP contribution is -2.04. The van der Waals surface area contributed by atoms with Gasteiger partial charge in [-0.25, -0.2) is 9.97 Å². The largest absolute Gasteiger partial charge is 0.368 e. The topological polar surface area (TPSA) is 94.9 Å². The molecular formula is C14H16N4O2. The summed E-state index contributed by atoms with van der Waals surface area (Å²) in [4.78, 5) is 18.5. The fraction of sp³-hybridized carbons (Fsp3) is 0.286. The Balaban J connectivity index is 2.22. The van der Waals surface area contributed by atoms with Crippen molar-refractivity contribution < 1.29 is 4.92 Å². The van der Waals surface area contributed by atoms with Crippen LogP contribution in [0.1, 0.15) is 30.2 Å². The van der Waals surface area contributed by atoms with Crippen molar-refractivity contribution in [3.05, 3.63) is 57.4 Å². The predicted molar refractivity (Wildman–Crippen MR) is 76.3 cm³/mol. The molecular weight excluding hydrogens is 256 g/mol. The summed E-state index contributed by atoms with van der Waals surface area (Å²) < 4.78 is 0. The molecule has 0 bridgehead atoms. The number of hydrogen-bond donors (Lipinski definition) is 1. The molecule has 6 nitrogen and oxygen atoms in total. The lowest BCUT2D eigenvalue weighted by Gasteiger charge is -2.08. The van der Waals surface area contributed by atoms with E-state index in [1.54, 1.807) is 18.3 Å². The van der Waals surface area contributed by atoms with Crippen molar-refractivity contribution in [3.63, 3.8) is 0 Å². The molecule has 104 valence electrons. The predicted octanol–water partition coefficient (Wildman–Crippen LogP) is 2.51. The molecule has 0 unspecified atom stereocenters. The molecule has 1 heterocycles. The van der Waals surface area contributed by atoms with E-state index >= 15 is 0 Å². The molecule has 0 aliphatic rings. The quantitative estimate of drug-likeness (QED) is 0.666. The first kappa shape index (κ1) is 13.9. The Labute approximate surface area is 116 Å². The molecule has 0 saturated carbocycles. The van der Waals surface area contributed by atoms with E-state index in [1.165, 1.54) is 12.1 Å². The highest BCUT2D eigenvalue weighted by Gasteiger charge is 2.08. The van der Waals surface area contributed by atoms with Gasteiger partial charge in [0.05, 0.1) is 4.92 Å². The number of hydrogen-bond acceptors (Lipinski definition) is 5. The first-order valence-corrected chi connectivity index (χ1v) is 6.43. The van der Waals surface area contributed by atoms with Gasteiger partial charge in [-0.2, -0.15) is 0 Å². The number of non-ortho nitro benzene ring substituents is 1. The first-order chi connectivity index (χ1) is 9.60. The average Bonchev–Trinajstić information content (AvgIpc) is 2.43. The van der Waals surface area contributed by atoms with E-state index < -0.39 is 4.92 Å². The lowest BCUT2D eigenvalue weighted by atomic mass is 10.0. The number of nitro groups is 1. The zero-order valence-corrected chi connectivity index (χ0v) is 11.2. The SMILES string of the molecule is CCCc1nc(N)ncc1Cc1ccc([N+](=O)[O-])cc1. The van der Waals surface area contributed by atoms with Crippen LogP contribution >= 0.6 is 0 Å². The van der Waals surface area contributed by atoms with Gasteiger partial charge in [-0.15, -0.1) is 0 Å². The van der Waals surface area contributed by atoms with Crippen molar-refractivity contribution in [2.45, 2.75) is 26.2 Å². The van der Waals surface area contributed by atoms with E-state index in [-0.39, 0.29) is 11.6 Å². The summed E-state index contributed by atoms with van der Waals surface area (Å²) >= 11 is 0. The van der Waals surface area contributed by atoms with Crippen LogP contribution in [0.15, 0.2) is 30.5 Å². The minimum absolute atomic E-state index is 0.0936. The van der Waals surface area contributed by atoms with Crippen molar-refractivity contribution in [2.24, 2.45) is 0 Å². The Morgan fingerprint density at radius 2 is 2.00 bits per heavy atom.